The number of allylic oxidation sites excluding steroid dienone is 7. The van der Waals surface area contributed by atoms with Crippen LogP contribution in [0.3, 0.4) is 0 Å². The molecule has 0 amide bonds. The highest BCUT2D eigenvalue weighted by atomic mass is 14.3. The molecular weight excluding hydrogens is 336 g/mol. The molecule has 0 heterocycles. The molecular formula is C28H42. The van der Waals surface area contributed by atoms with Gasteiger partial charge in [-0.05, 0) is 77.1 Å². The predicted octanol–water partition coefficient (Wildman–Crippen LogP) is 9.88. The van der Waals surface area contributed by atoms with E-state index in [1.165, 1.54) is 38.6 Å². The molecule has 0 aliphatic heterocycles. The van der Waals surface area contributed by atoms with Crippen molar-refractivity contribution in [1.29, 1.82) is 0 Å². The van der Waals surface area contributed by atoms with Gasteiger partial charge in [-0.25, -0.2) is 0 Å². The second kappa shape index (κ2) is 14.7. The molecule has 0 aromatic heterocycles. The van der Waals surface area contributed by atoms with Crippen molar-refractivity contribution in [2.75, 3.05) is 0 Å². The zero-order chi connectivity index (χ0) is 21.0. The van der Waals surface area contributed by atoms with Crippen LogP contribution in [-0.4, -0.2) is 0 Å². The van der Waals surface area contributed by atoms with E-state index >= 15 is 0 Å². The summed E-state index contributed by atoms with van der Waals surface area (Å²) < 4.78 is 0. The van der Waals surface area contributed by atoms with E-state index in [2.05, 4.69) is 82.0 Å². The summed E-state index contributed by atoms with van der Waals surface area (Å²) in [6.45, 7) is 22.5. The third kappa shape index (κ3) is 5.83. The van der Waals surface area contributed by atoms with Crippen molar-refractivity contribution in [3.8, 4) is 0 Å². The fourth-order valence-electron chi connectivity index (χ4n) is 3.20. The van der Waals surface area contributed by atoms with Crippen LogP contribution < -0.4 is 0 Å². The zero-order valence-corrected chi connectivity index (χ0v) is 18.9. The minimum Gasteiger partial charge on any atom is -0.0955 e. The van der Waals surface area contributed by atoms with Crippen LogP contribution in [0.15, 0.2) is 72.4 Å². The van der Waals surface area contributed by atoms with Crippen molar-refractivity contribution in [2.24, 2.45) is 0 Å². The molecule has 0 atom stereocenters. The number of fused-ring (bicyclic) bond motifs is 2. The van der Waals surface area contributed by atoms with E-state index in [-0.39, 0.29) is 7.43 Å². The van der Waals surface area contributed by atoms with Crippen molar-refractivity contribution in [3.05, 3.63) is 83.5 Å². The van der Waals surface area contributed by atoms with Crippen LogP contribution in [-0.2, 0) is 0 Å². The summed E-state index contributed by atoms with van der Waals surface area (Å²) in [4.78, 5) is 0. The fourth-order valence-corrected chi connectivity index (χ4v) is 3.20. The molecule has 0 bridgehead atoms. The number of benzene rings is 2. The maximum absolute atomic E-state index is 4.19. The van der Waals surface area contributed by atoms with E-state index in [1.54, 1.807) is 0 Å². The van der Waals surface area contributed by atoms with Crippen LogP contribution in [0.2, 0.25) is 0 Å². The summed E-state index contributed by atoms with van der Waals surface area (Å²) in [5, 5.41) is 2.58. The average Bonchev–Trinajstić information content (AvgIpc) is 3.04. The van der Waals surface area contributed by atoms with Gasteiger partial charge >= 0.3 is 0 Å². The third-order valence-electron chi connectivity index (χ3n) is 4.05. The van der Waals surface area contributed by atoms with Gasteiger partial charge in [-0.1, -0.05) is 98.0 Å². The molecule has 0 nitrogen and oxygen atoms in total. The van der Waals surface area contributed by atoms with E-state index in [0.717, 1.165) is 5.57 Å². The Bertz CT molecular complexity index is 826. The molecule has 1 aliphatic carbocycles. The SMILES string of the molecule is C.C=C(C)/C1=C(/C=C\C)c2cc3ccccc3cc2\C1=C\C.CC.CC.CC. The van der Waals surface area contributed by atoms with Crippen molar-refractivity contribution < 1.29 is 0 Å². The lowest BCUT2D eigenvalue weighted by Gasteiger charge is -2.07. The van der Waals surface area contributed by atoms with Gasteiger partial charge in [0.1, 0.15) is 0 Å². The fraction of sp³-hybridized carbons (Fsp3) is 0.357. The highest BCUT2D eigenvalue weighted by Gasteiger charge is 2.25. The molecule has 28 heavy (non-hydrogen) atoms. The Morgan fingerprint density at radius 2 is 1.29 bits per heavy atom. The van der Waals surface area contributed by atoms with Gasteiger partial charge < -0.3 is 0 Å². The van der Waals surface area contributed by atoms with Crippen LogP contribution in [0.1, 0.15) is 80.9 Å². The molecule has 0 fully saturated rings. The van der Waals surface area contributed by atoms with Crippen molar-refractivity contribution in [1.82, 2.24) is 0 Å². The topological polar surface area (TPSA) is 0 Å². The Morgan fingerprint density at radius 1 is 0.821 bits per heavy atom. The van der Waals surface area contributed by atoms with Crippen molar-refractivity contribution in [2.45, 2.75) is 69.7 Å². The van der Waals surface area contributed by atoms with Crippen LogP contribution in [0.5, 0.6) is 0 Å². The first kappa shape index (κ1) is 27.9. The minimum atomic E-state index is 0. The van der Waals surface area contributed by atoms with Crippen molar-refractivity contribution >= 4 is 21.9 Å². The summed E-state index contributed by atoms with van der Waals surface area (Å²) in [5.74, 6) is 0. The van der Waals surface area contributed by atoms with Gasteiger partial charge in [0.25, 0.3) is 0 Å². The largest absolute Gasteiger partial charge is 0.0955 e. The minimum absolute atomic E-state index is 0. The smallest absolute Gasteiger partial charge is 0.00790 e. The molecule has 0 heteroatoms. The molecule has 0 unspecified atom stereocenters. The number of hydrogen-bond donors (Lipinski definition) is 0. The van der Waals surface area contributed by atoms with Gasteiger partial charge in [0.05, 0.1) is 0 Å². The Kier molecular flexibility index (Phi) is 14.6. The zero-order valence-electron chi connectivity index (χ0n) is 18.9. The second-order valence-electron chi connectivity index (χ2n) is 5.52. The molecule has 0 spiro atoms. The lowest BCUT2D eigenvalue weighted by molar-refractivity contribution is 1.48. The molecule has 154 valence electrons. The number of rotatable bonds is 2. The monoisotopic (exact) mass is 378 g/mol. The Balaban J connectivity index is 0. The van der Waals surface area contributed by atoms with E-state index < -0.39 is 0 Å². The van der Waals surface area contributed by atoms with Crippen LogP contribution >= 0.6 is 0 Å². The quantitative estimate of drug-likeness (QED) is 0.487. The molecule has 0 saturated carbocycles. The first-order valence-electron chi connectivity index (χ1n) is 10.4. The molecule has 0 saturated heterocycles. The van der Waals surface area contributed by atoms with E-state index in [1.807, 2.05) is 41.5 Å². The summed E-state index contributed by atoms with van der Waals surface area (Å²) in [5.41, 5.74) is 7.63. The molecule has 0 radical (unpaired) electrons. The van der Waals surface area contributed by atoms with Gasteiger partial charge in [0, 0.05) is 0 Å². The van der Waals surface area contributed by atoms with Crippen LogP contribution in [0.25, 0.3) is 21.9 Å². The lowest BCUT2D eigenvalue weighted by Crippen LogP contribution is -1.86. The van der Waals surface area contributed by atoms with E-state index in [4.69, 9.17) is 0 Å². The van der Waals surface area contributed by atoms with Crippen molar-refractivity contribution in [3.63, 3.8) is 0 Å². The van der Waals surface area contributed by atoms with Crippen LogP contribution in [0, 0.1) is 0 Å². The van der Waals surface area contributed by atoms with Gasteiger partial charge in [-0.15, -0.1) is 0 Å². The summed E-state index contributed by atoms with van der Waals surface area (Å²) >= 11 is 0. The molecule has 2 aromatic rings. The first-order valence-corrected chi connectivity index (χ1v) is 10.4. The Morgan fingerprint density at radius 3 is 1.68 bits per heavy atom. The maximum Gasteiger partial charge on any atom is -0.00790 e. The van der Waals surface area contributed by atoms with E-state index in [9.17, 15) is 0 Å². The van der Waals surface area contributed by atoms with Gasteiger partial charge in [0.15, 0.2) is 0 Å². The normalized spacial score (nSPS) is 12.8. The maximum atomic E-state index is 4.19. The van der Waals surface area contributed by atoms with E-state index in [0.29, 0.717) is 0 Å². The Hall–Kier alpha value is -2.34. The standard InChI is InChI=1S/C21H20.3C2H6.CH4/c1-5-9-18-20-13-16-11-8-7-10-15(16)12-19(20)17(6-2)21(18)14(3)4;3*1-2;/h5-13H,3H2,1-2,4H3;3*1-2H3;1H4/b9-5-,17-6-;;;;. The molecule has 2 aromatic carbocycles. The molecule has 0 N–H and O–H groups in total. The highest BCUT2D eigenvalue weighted by Crippen LogP contribution is 2.46. The van der Waals surface area contributed by atoms with Gasteiger partial charge in [-0.3, -0.25) is 0 Å². The Labute approximate surface area is 175 Å². The molecule has 1 aliphatic rings. The second-order valence-corrected chi connectivity index (χ2v) is 5.52. The van der Waals surface area contributed by atoms with Gasteiger partial charge in [-0.2, -0.15) is 0 Å². The van der Waals surface area contributed by atoms with Gasteiger partial charge in [0.2, 0.25) is 0 Å². The summed E-state index contributed by atoms with van der Waals surface area (Å²) in [6, 6.07) is 13.2. The molecule has 3 rings (SSSR count). The predicted molar refractivity (Wildman–Crippen MR) is 135 cm³/mol. The third-order valence-corrected chi connectivity index (χ3v) is 4.05. The van der Waals surface area contributed by atoms with Crippen LogP contribution in [0.4, 0.5) is 0 Å². The highest BCUT2D eigenvalue weighted by molar-refractivity contribution is 6.08. The summed E-state index contributed by atoms with van der Waals surface area (Å²) in [6.07, 6.45) is 6.51. The lowest BCUT2D eigenvalue weighted by atomic mass is 9.97. The first-order chi connectivity index (χ1) is 13.2. The number of hydrogen-bond acceptors (Lipinski definition) is 0. The average molecular weight is 379 g/mol. The summed E-state index contributed by atoms with van der Waals surface area (Å²) in [7, 11) is 0.